The van der Waals surface area contributed by atoms with Crippen LogP contribution >= 0.6 is 0 Å². The first-order chi connectivity index (χ1) is 18.8. The first-order valence-electron chi connectivity index (χ1n) is 11.3. The molecule has 1 heterocycles. The Morgan fingerprint density at radius 2 is 0.436 bits per heavy atom. The van der Waals surface area contributed by atoms with Gasteiger partial charge in [-0.15, -0.1) is 0 Å². The van der Waals surface area contributed by atoms with Gasteiger partial charge in [-0.05, 0) is 0 Å². The van der Waals surface area contributed by atoms with Crippen LogP contribution in [0.1, 0.15) is 0 Å². The van der Waals surface area contributed by atoms with Gasteiger partial charge in [0.15, 0.2) is 0 Å². The molecule has 0 saturated heterocycles. The van der Waals surface area contributed by atoms with Crippen molar-refractivity contribution in [1.29, 1.82) is 0 Å². The summed E-state index contributed by atoms with van der Waals surface area (Å²) in [4.78, 5) is 17.9. The zero-order valence-electron chi connectivity index (χ0n) is 24.5. The van der Waals surface area contributed by atoms with Crippen molar-refractivity contribution in [3.63, 3.8) is 0 Å². The standard InChI is InChI=1S/C21H42N6O12/c1-28-16(29-2)25(17(30-3)31-4)13-22-14(26(18(32-5)33-6)19(34-7)35-8)24-15(23-13)27(20(36-9)37-10)21(38-11)39-12/h16-21H,1-12H3. The summed E-state index contributed by atoms with van der Waals surface area (Å²) in [7, 11) is 17.0. The van der Waals surface area contributed by atoms with E-state index in [0.29, 0.717) is 0 Å². The molecule has 39 heavy (non-hydrogen) atoms. The second kappa shape index (κ2) is 18.3. The van der Waals surface area contributed by atoms with Crippen LogP contribution in [-0.2, 0) is 56.8 Å². The molecular weight excluding hydrogens is 528 g/mol. The molecule has 0 fully saturated rings. The number of hydrogen-bond donors (Lipinski definition) is 0. The highest BCUT2D eigenvalue weighted by Crippen LogP contribution is 2.28. The van der Waals surface area contributed by atoms with Gasteiger partial charge in [0.25, 0.3) is 0 Å². The molecule has 228 valence electrons. The van der Waals surface area contributed by atoms with E-state index in [4.69, 9.17) is 56.8 Å². The quantitative estimate of drug-likeness (QED) is 0.178. The Hall–Kier alpha value is -2.07. The maximum atomic E-state index is 5.48. The van der Waals surface area contributed by atoms with Gasteiger partial charge >= 0.3 is 0 Å². The molecule has 0 atom stereocenters. The highest BCUT2D eigenvalue weighted by Gasteiger charge is 2.37. The van der Waals surface area contributed by atoms with Crippen LogP contribution < -0.4 is 14.7 Å². The largest absolute Gasteiger partial charge is 0.338 e. The molecule has 0 aliphatic heterocycles. The minimum Gasteiger partial charge on any atom is -0.338 e. The van der Waals surface area contributed by atoms with Gasteiger partial charge in [0, 0.05) is 85.3 Å². The lowest BCUT2D eigenvalue weighted by atomic mass is 10.6. The van der Waals surface area contributed by atoms with Crippen LogP contribution in [0.2, 0.25) is 0 Å². The van der Waals surface area contributed by atoms with Gasteiger partial charge in [0.05, 0.1) is 0 Å². The zero-order chi connectivity index (χ0) is 29.5. The second-order valence-electron chi connectivity index (χ2n) is 7.13. The highest BCUT2D eigenvalue weighted by atomic mass is 16.7. The Bertz CT molecular complexity index is 629. The summed E-state index contributed by atoms with van der Waals surface area (Å²) < 4.78 is 65.7. The average Bonchev–Trinajstić information content (AvgIpc) is 2.97. The lowest BCUT2D eigenvalue weighted by Crippen LogP contribution is -2.52. The van der Waals surface area contributed by atoms with Crippen molar-refractivity contribution in [3.8, 4) is 0 Å². The number of methoxy groups -OCH3 is 12. The van der Waals surface area contributed by atoms with E-state index in [1.165, 1.54) is 100 Å². The Morgan fingerprint density at radius 1 is 0.308 bits per heavy atom. The van der Waals surface area contributed by atoms with Gasteiger partial charge in [-0.25, -0.2) is 14.7 Å². The summed E-state index contributed by atoms with van der Waals surface area (Å²) in [6, 6.07) is 0. The summed E-state index contributed by atoms with van der Waals surface area (Å²) >= 11 is 0. The predicted octanol–water partition coefficient (Wildman–Crippen LogP) is -0.251. The van der Waals surface area contributed by atoms with Crippen LogP contribution in [0.3, 0.4) is 0 Å². The van der Waals surface area contributed by atoms with Crippen LogP contribution in [0.25, 0.3) is 0 Å². The van der Waals surface area contributed by atoms with Crippen LogP contribution in [0.15, 0.2) is 0 Å². The third kappa shape index (κ3) is 8.46. The molecule has 0 radical (unpaired) electrons. The van der Waals surface area contributed by atoms with Gasteiger partial charge in [0.2, 0.25) is 56.3 Å². The molecule has 0 N–H and O–H groups in total. The molecule has 0 aliphatic rings. The molecule has 1 aromatic heterocycles. The van der Waals surface area contributed by atoms with Crippen molar-refractivity contribution in [3.05, 3.63) is 0 Å². The van der Waals surface area contributed by atoms with Crippen molar-refractivity contribution in [2.75, 3.05) is 100 Å². The fraction of sp³-hybridized carbons (Fsp3) is 0.857. The fourth-order valence-electron chi connectivity index (χ4n) is 3.49. The molecule has 0 bridgehead atoms. The normalized spacial score (nSPS) is 12.2. The SMILES string of the molecule is COC(OC)N(c1nc(N(C(OC)OC)C(OC)OC)nc(N(C(OC)OC)C(OC)OC)n1)C(OC)OC. The second-order valence-corrected chi connectivity index (χ2v) is 7.13. The molecule has 0 spiro atoms. The molecule has 18 heteroatoms. The predicted molar refractivity (Wildman–Crippen MR) is 134 cm³/mol. The number of nitrogens with zero attached hydrogens (tertiary/aromatic N) is 6. The minimum atomic E-state index is -1.08. The summed E-state index contributed by atoms with van der Waals surface area (Å²) in [5, 5.41) is 0. The average molecular weight is 571 g/mol. The molecule has 0 aromatic carbocycles. The molecule has 1 aromatic rings. The Morgan fingerprint density at radius 3 is 0.538 bits per heavy atom. The van der Waals surface area contributed by atoms with Gasteiger partial charge in [-0.2, -0.15) is 15.0 Å². The van der Waals surface area contributed by atoms with Crippen LogP contribution in [0.5, 0.6) is 0 Å². The maximum Gasteiger partial charge on any atom is 0.246 e. The number of rotatable bonds is 21. The first kappa shape index (κ1) is 35.0. The number of aromatic nitrogens is 3. The monoisotopic (exact) mass is 570 g/mol. The van der Waals surface area contributed by atoms with E-state index in [9.17, 15) is 0 Å². The molecule has 0 saturated carbocycles. The molecule has 0 aliphatic carbocycles. The summed E-state index contributed by atoms with van der Waals surface area (Å²) in [5.41, 5.74) is 0. The van der Waals surface area contributed by atoms with Crippen molar-refractivity contribution in [2.24, 2.45) is 0 Å². The molecular formula is C21H42N6O12. The summed E-state index contributed by atoms with van der Waals surface area (Å²) in [6.45, 7) is 0. The lowest BCUT2D eigenvalue weighted by Gasteiger charge is -2.38. The van der Waals surface area contributed by atoms with E-state index in [1.54, 1.807) is 0 Å². The van der Waals surface area contributed by atoms with E-state index in [1.807, 2.05) is 0 Å². The highest BCUT2D eigenvalue weighted by molar-refractivity contribution is 5.47. The third-order valence-electron chi connectivity index (χ3n) is 5.08. The van der Waals surface area contributed by atoms with E-state index in [0.717, 1.165) is 0 Å². The first-order valence-corrected chi connectivity index (χ1v) is 11.3. The van der Waals surface area contributed by atoms with Crippen molar-refractivity contribution in [1.82, 2.24) is 15.0 Å². The van der Waals surface area contributed by atoms with Crippen molar-refractivity contribution >= 4 is 17.8 Å². The molecule has 0 amide bonds. The van der Waals surface area contributed by atoms with E-state index in [2.05, 4.69) is 15.0 Å². The fourth-order valence-corrected chi connectivity index (χ4v) is 3.49. The third-order valence-corrected chi connectivity index (χ3v) is 5.08. The zero-order valence-corrected chi connectivity index (χ0v) is 24.5. The minimum absolute atomic E-state index is 0.0544. The van der Waals surface area contributed by atoms with Crippen LogP contribution in [0.4, 0.5) is 17.8 Å². The van der Waals surface area contributed by atoms with E-state index >= 15 is 0 Å². The number of ether oxygens (including phenoxy) is 12. The molecule has 18 nitrogen and oxygen atoms in total. The van der Waals surface area contributed by atoms with Gasteiger partial charge in [0.1, 0.15) is 0 Å². The lowest BCUT2D eigenvalue weighted by molar-refractivity contribution is -0.178. The summed E-state index contributed by atoms with van der Waals surface area (Å²) in [6.07, 6.45) is -6.49. The maximum absolute atomic E-state index is 5.48. The summed E-state index contributed by atoms with van der Waals surface area (Å²) in [5.74, 6) is -0.163. The Kier molecular flexibility index (Phi) is 16.4. The topological polar surface area (TPSA) is 159 Å². The Balaban J connectivity index is 4.16. The van der Waals surface area contributed by atoms with E-state index in [-0.39, 0.29) is 17.8 Å². The smallest absolute Gasteiger partial charge is 0.246 e. The van der Waals surface area contributed by atoms with Crippen molar-refractivity contribution < 1.29 is 56.8 Å². The van der Waals surface area contributed by atoms with Gasteiger partial charge in [-0.3, -0.25) is 0 Å². The van der Waals surface area contributed by atoms with Crippen molar-refractivity contribution in [2.45, 2.75) is 38.5 Å². The molecule has 1 rings (SSSR count). The van der Waals surface area contributed by atoms with Crippen LogP contribution in [0, 0.1) is 0 Å². The van der Waals surface area contributed by atoms with Gasteiger partial charge < -0.3 is 56.8 Å². The number of hydrogen-bond acceptors (Lipinski definition) is 18. The van der Waals surface area contributed by atoms with Gasteiger partial charge in [-0.1, -0.05) is 0 Å². The molecule has 0 unspecified atom stereocenters. The number of anilines is 3. The van der Waals surface area contributed by atoms with Crippen LogP contribution in [-0.4, -0.2) is 139 Å². The Labute approximate surface area is 228 Å². The van der Waals surface area contributed by atoms with E-state index < -0.39 is 38.5 Å².